The first-order valence-electron chi connectivity index (χ1n) is 5.32. The molecule has 5 nitrogen and oxygen atoms in total. The molecule has 1 aromatic carbocycles. The predicted molar refractivity (Wildman–Crippen MR) is 76.7 cm³/mol. The summed E-state index contributed by atoms with van der Waals surface area (Å²) in [6, 6.07) is 7.84. The van der Waals surface area contributed by atoms with Crippen LogP contribution in [0.4, 0.5) is 5.69 Å². The Bertz CT molecular complexity index is 580. The fraction of sp³-hybridized carbons (Fsp3) is 0.167. The molecule has 0 fully saturated rings. The van der Waals surface area contributed by atoms with E-state index in [2.05, 4.69) is 33.0 Å². The summed E-state index contributed by atoms with van der Waals surface area (Å²) in [5, 5.41) is 16.2. The summed E-state index contributed by atoms with van der Waals surface area (Å²) in [5.41, 5.74) is 1.87. The summed E-state index contributed by atoms with van der Waals surface area (Å²) in [7, 11) is 1.74. The first kappa shape index (κ1) is 12.9. The molecule has 0 aliphatic carbocycles. The zero-order valence-corrected chi connectivity index (χ0v) is 11.9. The van der Waals surface area contributed by atoms with Crippen LogP contribution in [0.2, 0.25) is 0 Å². The first-order chi connectivity index (χ1) is 8.59. The van der Waals surface area contributed by atoms with Crippen LogP contribution >= 0.6 is 22.6 Å². The molecule has 2 N–H and O–H groups in total. The number of aryl methyl sites for hydroxylation is 1. The lowest BCUT2D eigenvalue weighted by Gasteiger charge is -2.09. The SMILES string of the molecule is Cn1ncc(C(=O)O)c1CNc1ccccc1I. The number of aromatic carboxylic acids is 1. The Morgan fingerprint density at radius 2 is 2.22 bits per heavy atom. The number of aromatic nitrogens is 2. The standard InChI is InChI=1S/C12H12IN3O2/c1-16-11(8(6-15-16)12(17)18)7-14-10-5-3-2-4-9(10)13/h2-6,14H,7H2,1H3,(H,17,18). The lowest BCUT2D eigenvalue weighted by atomic mass is 10.2. The molecule has 18 heavy (non-hydrogen) atoms. The Labute approximate surface area is 118 Å². The number of carboxylic acid groups (broad SMARTS) is 1. The highest BCUT2D eigenvalue weighted by Gasteiger charge is 2.14. The van der Waals surface area contributed by atoms with Gasteiger partial charge in [-0.15, -0.1) is 0 Å². The zero-order chi connectivity index (χ0) is 13.1. The number of carbonyl (C=O) groups is 1. The summed E-state index contributed by atoms with van der Waals surface area (Å²) in [5.74, 6) is -0.956. The molecule has 6 heteroatoms. The van der Waals surface area contributed by atoms with Gasteiger partial charge in [0, 0.05) is 16.3 Å². The number of nitrogens with zero attached hydrogens (tertiary/aromatic N) is 2. The molecule has 2 rings (SSSR count). The quantitative estimate of drug-likeness (QED) is 0.825. The number of benzene rings is 1. The smallest absolute Gasteiger partial charge is 0.339 e. The zero-order valence-electron chi connectivity index (χ0n) is 9.72. The molecule has 0 bridgehead atoms. The molecule has 0 saturated heterocycles. The van der Waals surface area contributed by atoms with Gasteiger partial charge in [0.05, 0.1) is 18.4 Å². The van der Waals surface area contributed by atoms with E-state index in [1.54, 1.807) is 11.7 Å². The third-order valence-electron chi connectivity index (χ3n) is 2.61. The van der Waals surface area contributed by atoms with Gasteiger partial charge in [-0.25, -0.2) is 4.79 Å². The van der Waals surface area contributed by atoms with Crippen LogP contribution in [0.15, 0.2) is 30.5 Å². The van der Waals surface area contributed by atoms with E-state index in [-0.39, 0.29) is 5.56 Å². The van der Waals surface area contributed by atoms with E-state index in [0.717, 1.165) is 9.26 Å². The molecule has 0 radical (unpaired) electrons. The average Bonchev–Trinajstić information content (AvgIpc) is 2.70. The van der Waals surface area contributed by atoms with Gasteiger partial charge in [-0.2, -0.15) is 5.10 Å². The summed E-state index contributed by atoms with van der Waals surface area (Å²) in [4.78, 5) is 11.0. The number of anilines is 1. The van der Waals surface area contributed by atoms with Crippen LogP contribution in [-0.4, -0.2) is 20.9 Å². The molecule has 2 aromatic rings. The van der Waals surface area contributed by atoms with Gasteiger partial charge in [0.15, 0.2) is 0 Å². The molecule has 0 aliphatic heterocycles. The van der Waals surface area contributed by atoms with Gasteiger partial charge in [0.1, 0.15) is 5.56 Å². The van der Waals surface area contributed by atoms with Gasteiger partial charge >= 0.3 is 5.97 Å². The normalized spacial score (nSPS) is 10.3. The number of nitrogens with one attached hydrogen (secondary N) is 1. The van der Waals surface area contributed by atoms with Crippen LogP contribution in [0.25, 0.3) is 0 Å². The summed E-state index contributed by atoms with van der Waals surface area (Å²) >= 11 is 2.23. The van der Waals surface area contributed by atoms with Gasteiger partial charge in [-0.05, 0) is 34.7 Å². The fourth-order valence-electron chi connectivity index (χ4n) is 1.63. The van der Waals surface area contributed by atoms with Crippen LogP contribution in [0, 0.1) is 3.57 Å². The molecule has 1 heterocycles. The van der Waals surface area contributed by atoms with E-state index in [0.29, 0.717) is 12.2 Å². The molecule has 0 spiro atoms. The lowest BCUT2D eigenvalue weighted by Crippen LogP contribution is -2.10. The Kier molecular flexibility index (Phi) is 3.85. The fourth-order valence-corrected chi connectivity index (χ4v) is 2.21. The predicted octanol–water partition coefficient (Wildman–Crippen LogP) is 2.33. The van der Waals surface area contributed by atoms with Crippen LogP contribution in [0.1, 0.15) is 16.1 Å². The van der Waals surface area contributed by atoms with Crippen LogP contribution in [0.5, 0.6) is 0 Å². The maximum absolute atomic E-state index is 11.0. The van der Waals surface area contributed by atoms with E-state index < -0.39 is 5.97 Å². The van der Waals surface area contributed by atoms with Crippen molar-refractivity contribution in [1.29, 1.82) is 0 Å². The molecule has 1 aromatic heterocycles. The average molecular weight is 357 g/mol. The first-order valence-corrected chi connectivity index (χ1v) is 6.40. The number of para-hydroxylation sites is 1. The Morgan fingerprint density at radius 3 is 2.89 bits per heavy atom. The van der Waals surface area contributed by atoms with Crippen molar-refractivity contribution in [2.75, 3.05) is 5.32 Å². The van der Waals surface area contributed by atoms with Gasteiger partial charge in [-0.3, -0.25) is 4.68 Å². The summed E-state index contributed by atoms with van der Waals surface area (Å²) in [6.45, 7) is 0.429. The molecule has 0 atom stereocenters. The molecule has 0 saturated carbocycles. The van der Waals surface area contributed by atoms with Crippen LogP contribution < -0.4 is 5.32 Å². The number of halogens is 1. The van der Waals surface area contributed by atoms with E-state index in [9.17, 15) is 4.79 Å². The highest BCUT2D eigenvalue weighted by atomic mass is 127. The van der Waals surface area contributed by atoms with Crippen molar-refractivity contribution in [2.24, 2.45) is 7.05 Å². The molecule has 0 aliphatic rings. The van der Waals surface area contributed by atoms with Gasteiger partial charge < -0.3 is 10.4 Å². The van der Waals surface area contributed by atoms with Crippen molar-refractivity contribution in [1.82, 2.24) is 9.78 Å². The van der Waals surface area contributed by atoms with Crippen molar-refractivity contribution in [3.05, 3.63) is 45.3 Å². The highest BCUT2D eigenvalue weighted by molar-refractivity contribution is 14.1. The Hall–Kier alpha value is -1.57. The summed E-state index contributed by atoms with van der Waals surface area (Å²) in [6.07, 6.45) is 1.37. The van der Waals surface area contributed by atoms with E-state index in [1.165, 1.54) is 6.20 Å². The van der Waals surface area contributed by atoms with Crippen LogP contribution in [-0.2, 0) is 13.6 Å². The second-order valence-electron chi connectivity index (χ2n) is 3.77. The minimum absolute atomic E-state index is 0.232. The third kappa shape index (κ3) is 2.63. The van der Waals surface area contributed by atoms with E-state index in [4.69, 9.17) is 5.11 Å². The van der Waals surface area contributed by atoms with Crippen molar-refractivity contribution >= 4 is 34.2 Å². The topological polar surface area (TPSA) is 67.2 Å². The van der Waals surface area contributed by atoms with Crippen molar-refractivity contribution < 1.29 is 9.90 Å². The molecular formula is C12H12IN3O2. The van der Waals surface area contributed by atoms with Crippen molar-refractivity contribution in [2.45, 2.75) is 6.54 Å². The summed E-state index contributed by atoms with van der Waals surface area (Å²) < 4.78 is 2.67. The largest absolute Gasteiger partial charge is 0.478 e. The van der Waals surface area contributed by atoms with Crippen molar-refractivity contribution in [3.63, 3.8) is 0 Å². The molecule has 0 unspecified atom stereocenters. The van der Waals surface area contributed by atoms with E-state index in [1.807, 2.05) is 24.3 Å². The minimum atomic E-state index is -0.956. The monoisotopic (exact) mass is 357 g/mol. The number of hydrogen-bond acceptors (Lipinski definition) is 3. The lowest BCUT2D eigenvalue weighted by molar-refractivity contribution is 0.0695. The second kappa shape index (κ2) is 5.38. The maximum atomic E-state index is 11.0. The molecule has 94 valence electrons. The van der Waals surface area contributed by atoms with Gasteiger partial charge in [0.2, 0.25) is 0 Å². The number of hydrogen-bond donors (Lipinski definition) is 2. The maximum Gasteiger partial charge on any atom is 0.339 e. The van der Waals surface area contributed by atoms with Crippen molar-refractivity contribution in [3.8, 4) is 0 Å². The van der Waals surface area contributed by atoms with Gasteiger partial charge in [-0.1, -0.05) is 12.1 Å². The minimum Gasteiger partial charge on any atom is -0.478 e. The molecular weight excluding hydrogens is 345 g/mol. The Balaban J connectivity index is 2.18. The molecule has 0 amide bonds. The second-order valence-corrected chi connectivity index (χ2v) is 4.93. The third-order valence-corrected chi connectivity index (χ3v) is 3.55. The van der Waals surface area contributed by atoms with E-state index >= 15 is 0 Å². The Morgan fingerprint density at radius 1 is 1.50 bits per heavy atom. The number of rotatable bonds is 4. The van der Waals surface area contributed by atoms with Crippen LogP contribution in [0.3, 0.4) is 0 Å². The number of carboxylic acids is 1. The van der Waals surface area contributed by atoms with Gasteiger partial charge in [0.25, 0.3) is 0 Å². The highest BCUT2D eigenvalue weighted by Crippen LogP contribution is 2.18.